The van der Waals surface area contributed by atoms with E-state index in [-0.39, 0.29) is 36.0 Å². The molecule has 118 valence electrons. The summed E-state index contributed by atoms with van der Waals surface area (Å²) < 4.78 is 18.3. The van der Waals surface area contributed by atoms with Gasteiger partial charge in [0.05, 0.1) is 27.9 Å². The zero-order chi connectivity index (χ0) is 15.3. The molecule has 0 radical (unpaired) electrons. The molecule has 9 atom stereocenters. The van der Waals surface area contributed by atoms with E-state index in [0.29, 0.717) is 11.2 Å². The Hall–Kier alpha value is -0.620. The van der Waals surface area contributed by atoms with Crippen LogP contribution in [0.25, 0.3) is 0 Å². The molecule has 5 nitrogen and oxygen atoms in total. The minimum absolute atomic E-state index is 0.0297. The molecule has 3 aliphatic carbocycles. The predicted molar refractivity (Wildman–Crippen MR) is 76.0 cm³/mol. The Labute approximate surface area is 136 Å². The van der Waals surface area contributed by atoms with Gasteiger partial charge in [-0.15, -0.1) is 0 Å². The number of hydrogen-bond acceptors (Lipinski definition) is 5. The zero-order valence-corrected chi connectivity index (χ0v) is 14.0. The highest BCUT2D eigenvalue weighted by atomic mass is 79.9. The van der Waals surface area contributed by atoms with Crippen molar-refractivity contribution in [2.24, 2.45) is 28.6 Å². The van der Waals surface area contributed by atoms with E-state index in [1.165, 1.54) is 0 Å². The normalized spacial score (nSPS) is 68.6. The maximum atomic E-state index is 12.6. The topological polar surface area (TPSA) is 61.8 Å². The first-order valence-corrected chi connectivity index (χ1v) is 9.16. The summed E-state index contributed by atoms with van der Waals surface area (Å²) in [5.74, 6) is -0.207. The van der Waals surface area contributed by atoms with E-state index in [0.717, 1.165) is 12.8 Å². The summed E-state index contributed by atoms with van der Waals surface area (Å²) >= 11 is 3.57. The molecule has 6 fully saturated rings. The van der Waals surface area contributed by atoms with E-state index in [9.17, 15) is 9.59 Å². The molecule has 0 aromatic heterocycles. The smallest absolute Gasteiger partial charge is 0.313 e. The van der Waals surface area contributed by atoms with Crippen molar-refractivity contribution in [3.8, 4) is 0 Å². The van der Waals surface area contributed by atoms with Crippen LogP contribution >= 0.6 is 15.9 Å². The number of carbonyl (C=O) groups is 2. The molecule has 3 saturated heterocycles. The van der Waals surface area contributed by atoms with Gasteiger partial charge in [-0.25, -0.2) is 0 Å². The second kappa shape index (κ2) is 3.02. The minimum Gasteiger partial charge on any atom is -0.458 e. The van der Waals surface area contributed by atoms with Crippen LogP contribution in [0.15, 0.2) is 0 Å². The second-order valence-electron chi connectivity index (χ2n) is 8.45. The fourth-order valence-electron chi connectivity index (χ4n) is 7.17. The van der Waals surface area contributed by atoms with Crippen molar-refractivity contribution in [3.05, 3.63) is 0 Å². The third-order valence-corrected chi connectivity index (χ3v) is 9.15. The number of alkyl halides is 1. The van der Waals surface area contributed by atoms with Gasteiger partial charge in [-0.05, 0) is 25.7 Å². The lowest BCUT2D eigenvalue weighted by Gasteiger charge is -2.48. The van der Waals surface area contributed by atoms with Crippen molar-refractivity contribution in [2.75, 3.05) is 5.33 Å². The Bertz CT molecular complexity index is 679. The maximum absolute atomic E-state index is 12.6. The average Bonchev–Trinajstić information content (AvgIpc) is 2.82. The molecular weight excluding hydrogens is 352 g/mol. The first-order chi connectivity index (χ1) is 10.4. The number of carbonyl (C=O) groups excluding carboxylic acids is 2. The number of ether oxygens (including phenoxy) is 3. The van der Waals surface area contributed by atoms with Crippen LogP contribution in [0.2, 0.25) is 0 Å². The van der Waals surface area contributed by atoms with Gasteiger partial charge in [0.1, 0.15) is 12.2 Å². The van der Waals surface area contributed by atoms with Gasteiger partial charge >= 0.3 is 11.9 Å². The van der Waals surface area contributed by atoms with Crippen LogP contribution < -0.4 is 0 Å². The van der Waals surface area contributed by atoms with E-state index in [1.54, 1.807) is 0 Å². The van der Waals surface area contributed by atoms with E-state index >= 15 is 0 Å². The lowest BCUT2D eigenvalue weighted by atomic mass is 9.53. The van der Waals surface area contributed by atoms with E-state index in [2.05, 4.69) is 29.8 Å². The van der Waals surface area contributed by atoms with E-state index in [4.69, 9.17) is 14.2 Å². The van der Waals surface area contributed by atoms with Crippen LogP contribution in [0.4, 0.5) is 0 Å². The maximum Gasteiger partial charge on any atom is 0.313 e. The molecule has 0 aromatic rings. The fraction of sp³-hybridized carbons (Fsp3) is 0.875. The molecule has 0 amide bonds. The molecule has 2 spiro atoms. The van der Waals surface area contributed by atoms with Gasteiger partial charge in [-0.3, -0.25) is 9.59 Å². The number of rotatable bonds is 1. The van der Waals surface area contributed by atoms with Crippen LogP contribution in [0.1, 0.15) is 26.7 Å². The SMILES string of the molecule is CC12C3OC(=O)[C@]14C[C@@H]4CC21O[C@](C)(CBr)C2C3OC(=O)C21. The van der Waals surface area contributed by atoms with Crippen LogP contribution in [-0.2, 0) is 23.8 Å². The van der Waals surface area contributed by atoms with Gasteiger partial charge in [0.15, 0.2) is 0 Å². The van der Waals surface area contributed by atoms with Crippen LogP contribution in [0, 0.1) is 28.6 Å². The van der Waals surface area contributed by atoms with E-state index in [1.807, 2.05) is 0 Å². The highest BCUT2D eigenvalue weighted by Crippen LogP contribution is 2.87. The molecule has 6 heteroatoms. The fourth-order valence-corrected chi connectivity index (χ4v) is 7.66. The van der Waals surface area contributed by atoms with Gasteiger partial charge in [0.25, 0.3) is 0 Å². The van der Waals surface area contributed by atoms with Crippen molar-refractivity contribution < 1.29 is 23.8 Å². The summed E-state index contributed by atoms with van der Waals surface area (Å²) in [4.78, 5) is 25.2. The molecule has 22 heavy (non-hydrogen) atoms. The van der Waals surface area contributed by atoms with Gasteiger partial charge in [0.2, 0.25) is 0 Å². The van der Waals surface area contributed by atoms with Crippen LogP contribution in [0.5, 0.6) is 0 Å². The minimum atomic E-state index is -0.593. The summed E-state index contributed by atoms with van der Waals surface area (Å²) in [6, 6.07) is 0. The first-order valence-electron chi connectivity index (χ1n) is 8.03. The third kappa shape index (κ3) is 0.838. The summed E-state index contributed by atoms with van der Waals surface area (Å²) in [5, 5.41) is 0.657. The average molecular weight is 369 g/mol. The summed E-state index contributed by atoms with van der Waals surface area (Å²) in [7, 11) is 0. The standard InChI is InChI=1S/C16H17BrO5/c1-13(5-17)7-8-11(18)20-9(7)10-14(2)15(12(19)21-10)3-6(15)4-16(8,14)22-13/h6-10H,3-5H2,1-2H3/t6-,7?,8?,9?,10?,13-,14?,15-,16?/m1/s1. The molecule has 4 bridgehead atoms. The Morgan fingerprint density at radius 2 is 2.00 bits per heavy atom. The Morgan fingerprint density at radius 1 is 1.23 bits per heavy atom. The monoisotopic (exact) mass is 368 g/mol. The molecule has 6 rings (SSSR count). The summed E-state index contributed by atoms with van der Waals surface area (Å²) in [5.41, 5.74) is -1.90. The van der Waals surface area contributed by atoms with Gasteiger partial charge in [-0.2, -0.15) is 0 Å². The van der Waals surface area contributed by atoms with Crippen molar-refractivity contribution in [3.63, 3.8) is 0 Å². The summed E-state index contributed by atoms with van der Waals surface area (Å²) in [6.45, 7) is 4.18. The number of fused-ring (bicyclic) bond motifs is 1. The number of halogens is 1. The van der Waals surface area contributed by atoms with Gasteiger partial charge in [-0.1, -0.05) is 22.9 Å². The Morgan fingerprint density at radius 3 is 2.73 bits per heavy atom. The largest absolute Gasteiger partial charge is 0.458 e. The molecule has 6 unspecified atom stereocenters. The second-order valence-corrected chi connectivity index (χ2v) is 9.01. The number of hydrogen-bond donors (Lipinski definition) is 0. The van der Waals surface area contributed by atoms with Crippen molar-refractivity contribution in [2.45, 2.75) is 50.1 Å². The van der Waals surface area contributed by atoms with Crippen LogP contribution in [0.3, 0.4) is 0 Å². The van der Waals surface area contributed by atoms with Crippen LogP contribution in [-0.4, -0.2) is 40.7 Å². The van der Waals surface area contributed by atoms with Crippen molar-refractivity contribution in [1.29, 1.82) is 0 Å². The van der Waals surface area contributed by atoms with E-state index < -0.39 is 22.0 Å². The third-order valence-electron chi connectivity index (χ3n) is 8.03. The van der Waals surface area contributed by atoms with Gasteiger partial charge < -0.3 is 14.2 Å². The molecular formula is C16H17BrO5. The molecule has 3 heterocycles. The molecule has 3 aliphatic heterocycles. The zero-order valence-electron chi connectivity index (χ0n) is 12.4. The molecule has 0 aromatic carbocycles. The van der Waals surface area contributed by atoms with Gasteiger partial charge in [0, 0.05) is 11.2 Å². The lowest BCUT2D eigenvalue weighted by Crippen LogP contribution is -2.61. The summed E-state index contributed by atoms with van der Waals surface area (Å²) in [6.07, 6.45) is 0.970. The quantitative estimate of drug-likeness (QED) is 0.517. The lowest BCUT2D eigenvalue weighted by molar-refractivity contribution is -0.176. The first kappa shape index (κ1) is 12.8. The Balaban J connectivity index is 1.67. The predicted octanol–water partition coefficient (Wildman–Crippen LogP) is 1.42. The number of esters is 2. The molecule has 6 aliphatic rings. The highest BCUT2D eigenvalue weighted by molar-refractivity contribution is 9.09. The van der Waals surface area contributed by atoms with Crippen molar-refractivity contribution in [1.82, 2.24) is 0 Å². The highest BCUT2D eigenvalue weighted by Gasteiger charge is 2.96. The van der Waals surface area contributed by atoms with Crippen molar-refractivity contribution >= 4 is 27.9 Å². The Kier molecular flexibility index (Phi) is 1.75. The molecule has 0 N–H and O–H groups in total. The molecule has 3 saturated carbocycles.